The molecule has 0 heterocycles. The molecule has 0 fully saturated rings. The lowest BCUT2D eigenvalue weighted by Gasteiger charge is -2.10. The fraction of sp³-hybridized carbons (Fsp3) is 0.450. The third-order valence-corrected chi connectivity index (χ3v) is 4.36. The molecule has 0 saturated heterocycles. The summed E-state index contributed by atoms with van der Waals surface area (Å²) in [5.41, 5.74) is 1.41. The van der Waals surface area contributed by atoms with Gasteiger partial charge in [0.1, 0.15) is 0 Å². The smallest absolute Gasteiger partial charge is 0.335 e. The van der Waals surface area contributed by atoms with Gasteiger partial charge in [-0.05, 0) is 41.7 Å². The van der Waals surface area contributed by atoms with Crippen molar-refractivity contribution in [2.45, 2.75) is 51.4 Å². The Hall–Kier alpha value is -1.87. The first-order valence-corrected chi connectivity index (χ1v) is 8.59. The van der Waals surface area contributed by atoms with Gasteiger partial charge in [-0.25, -0.2) is 4.79 Å². The largest absolute Gasteiger partial charge is 0.478 e. The number of aryl methyl sites for hydroxylation is 1. The van der Waals surface area contributed by atoms with E-state index in [1.54, 1.807) is 6.07 Å². The summed E-state index contributed by atoms with van der Waals surface area (Å²) < 4.78 is 0. The van der Waals surface area contributed by atoms with Crippen molar-refractivity contribution in [3.05, 3.63) is 47.5 Å². The fourth-order valence-corrected chi connectivity index (χ4v) is 3.10. The van der Waals surface area contributed by atoms with E-state index < -0.39 is 5.97 Å². The first kappa shape index (κ1) is 17.5. The van der Waals surface area contributed by atoms with E-state index in [1.165, 1.54) is 19.3 Å². The summed E-state index contributed by atoms with van der Waals surface area (Å²) in [6, 6.07) is 11.6. The molecule has 3 nitrogen and oxygen atoms in total. The predicted octanol–water partition coefficient (Wildman–Crippen LogP) is 4.80. The molecule has 2 aromatic carbocycles. The molecule has 0 atom stereocenters. The van der Waals surface area contributed by atoms with Crippen LogP contribution in [0.3, 0.4) is 0 Å². The normalized spacial score (nSPS) is 11.0. The topological polar surface area (TPSA) is 57.5 Å². The van der Waals surface area contributed by atoms with Gasteiger partial charge in [-0.1, -0.05) is 62.4 Å². The van der Waals surface area contributed by atoms with E-state index in [1.807, 2.05) is 30.3 Å². The van der Waals surface area contributed by atoms with Crippen molar-refractivity contribution in [2.24, 2.45) is 0 Å². The Balaban J connectivity index is 1.93. The van der Waals surface area contributed by atoms with Crippen molar-refractivity contribution in [1.82, 2.24) is 0 Å². The number of unbranched alkanes of at least 4 members (excludes halogenated alkanes) is 6. The minimum atomic E-state index is -0.838. The number of aromatic carboxylic acids is 1. The van der Waals surface area contributed by atoms with Crippen LogP contribution in [0, 0.1) is 0 Å². The third kappa shape index (κ3) is 5.07. The summed E-state index contributed by atoms with van der Waals surface area (Å²) in [5.74, 6) is -0.838. The standard InChI is InChI=1S/C20H26O3/c21-15-9-5-3-1-2-4-6-12-18-17-11-8-7-10-16(17)13-14-19(18)20(22)23/h7-8,10-11,13-14,21H,1-6,9,12,15H2,(H,22,23). The van der Waals surface area contributed by atoms with Gasteiger partial charge in [0.15, 0.2) is 0 Å². The number of carbonyl (C=O) groups is 1. The van der Waals surface area contributed by atoms with Crippen LogP contribution >= 0.6 is 0 Å². The number of carboxylic acid groups (broad SMARTS) is 1. The molecule has 124 valence electrons. The molecule has 0 amide bonds. The number of aliphatic hydroxyl groups is 1. The van der Waals surface area contributed by atoms with Crippen molar-refractivity contribution < 1.29 is 15.0 Å². The summed E-state index contributed by atoms with van der Waals surface area (Å²) in [7, 11) is 0. The van der Waals surface area contributed by atoms with E-state index in [9.17, 15) is 9.90 Å². The van der Waals surface area contributed by atoms with E-state index in [-0.39, 0.29) is 0 Å². The SMILES string of the molecule is O=C(O)c1ccc2ccccc2c1CCCCCCCCCO. The van der Waals surface area contributed by atoms with Crippen LogP contribution in [0.5, 0.6) is 0 Å². The second kappa shape index (κ2) is 9.31. The van der Waals surface area contributed by atoms with E-state index in [0.29, 0.717) is 12.2 Å². The zero-order valence-corrected chi connectivity index (χ0v) is 13.6. The van der Waals surface area contributed by atoms with Crippen LogP contribution in [-0.2, 0) is 6.42 Å². The molecule has 0 saturated carbocycles. The molecule has 0 spiro atoms. The summed E-state index contributed by atoms with van der Waals surface area (Å²) in [4.78, 5) is 11.5. The Bertz CT molecular complexity index is 634. The molecule has 0 aliphatic carbocycles. The molecule has 0 radical (unpaired) electrons. The molecule has 0 aliphatic heterocycles. The molecule has 2 N–H and O–H groups in total. The van der Waals surface area contributed by atoms with Gasteiger partial charge in [-0.2, -0.15) is 0 Å². The van der Waals surface area contributed by atoms with Gasteiger partial charge in [0.05, 0.1) is 5.56 Å². The Morgan fingerprint density at radius 2 is 1.48 bits per heavy atom. The lowest BCUT2D eigenvalue weighted by Crippen LogP contribution is -2.03. The monoisotopic (exact) mass is 314 g/mol. The molecule has 0 bridgehead atoms. The molecule has 2 aromatic rings. The Kier molecular flexibility index (Phi) is 7.08. The maximum Gasteiger partial charge on any atom is 0.335 e. The van der Waals surface area contributed by atoms with Crippen molar-refractivity contribution >= 4 is 16.7 Å². The van der Waals surface area contributed by atoms with E-state index in [0.717, 1.165) is 48.4 Å². The molecule has 3 heteroatoms. The van der Waals surface area contributed by atoms with Crippen LogP contribution in [0.2, 0.25) is 0 Å². The maximum atomic E-state index is 11.5. The van der Waals surface area contributed by atoms with Gasteiger partial charge < -0.3 is 10.2 Å². The van der Waals surface area contributed by atoms with Gasteiger partial charge in [0.25, 0.3) is 0 Å². The van der Waals surface area contributed by atoms with Crippen LogP contribution < -0.4 is 0 Å². The number of benzene rings is 2. The number of aliphatic hydroxyl groups excluding tert-OH is 1. The van der Waals surface area contributed by atoms with Gasteiger partial charge in [-0.3, -0.25) is 0 Å². The van der Waals surface area contributed by atoms with Gasteiger partial charge in [0, 0.05) is 6.61 Å². The number of rotatable bonds is 10. The van der Waals surface area contributed by atoms with Crippen LogP contribution in [0.25, 0.3) is 10.8 Å². The third-order valence-electron chi connectivity index (χ3n) is 4.36. The predicted molar refractivity (Wildman–Crippen MR) is 94.0 cm³/mol. The zero-order valence-electron chi connectivity index (χ0n) is 13.6. The van der Waals surface area contributed by atoms with Crippen LogP contribution in [-0.4, -0.2) is 22.8 Å². The number of hydrogen-bond acceptors (Lipinski definition) is 2. The van der Waals surface area contributed by atoms with Crippen LogP contribution in [0.1, 0.15) is 60.9 Å². The van der Waals surface area contributed by atoms with Crippen LogP contribution in [0.15, 0.2) is 36.4 Å². The van der Waals surface area contributed by atoms with Crippen molar-refractivity contribution in [3.8, 4) is 0 Å². The molecule has 23 heavy (non-hydrogen) atoms. The summed E-state index contributed by atoms with van der Waals surface area (Å²) in [6.45, 7) is 0.291. The number of carboxylic acids is 1. The Morgan fingerprint density at radius 3 is 2.17 bits per heavy atom. The highest BCUT2D eigenvalue weighted by molar-refractivity contribution is 5.97. The fourth-order valence-electron chi connectivity index (χ4n) is 3.10. The molecule has 2 rings (SSSR count). The highest BCUT2D eigenvalue weighted by atomic mass is 16.4. The number of hydrogen-bond donors (Lipinski definition) is 2. The average Bonchev–Trinajstić information content (AvgIpc) is 2.57. The van der Waals surface area contributed by atoms with Crippen molar-refractivity contribution in [2.75, 3.05) is 6.61 Å². The minimum Gasteiger partial charge on any atom is -0.478 e. The first-order valence-electron chi connectivity index (χ1n) is 8.59. The zero-order chi connectivity index (χ0) is 16.5. The Labute approximate surface area is 138 Å². The second-order valence-corrected chi connectivity index (χ2v) is 6.07. The Morgan fingerprint density at radius 1 is 0.826 bits per heavy atom. The van der Waals surface area contributed by atoms with Gasteiger partial charge in [-0.15, -0.1) is 0 Å². The quantitative estimate of drug-likeness (QED) is 0.619. The van der Waals surface area contributed by atoms with E-state index >= 15 is 0 Å². The minimum absolute atomic E-state index is 0.291. The molecular formula is C20H26O3. The van der Waals surface area contributed by atoms with Crippen molar-refractivity contribution in [1.29, 1.82) is 0 Å². The number of fused-ring (bicyclic) bond motifs is 1. The lowest BCUT2D eigenvalue weighted by molar-refractivity contribution is 0.0696. The van der Waals surface area contributed by atoms with E-state index in [4.69, 9.17) is 5.11 Å². The highest BCUT2D eigenvalue weighted by Gasteiger charge is 2.12. The maximum absolute atomic E-state index is 11.5. The van der Waals surface area contributed by atoms with Gasteiger partial charge in [0.2, 0.25) is 0 Å². The summed E-state index contributed by atoms with van der Waals surface area (Å²) >= 11 is 0. The molecular weight excluding hydrogens is 288 g/mol. The lowest BCUT2D eigenvalue weighted by atomic mass is 9.94. The van der Waals surface area contributed by atoms with E-state index in [2.05, 4.69) is 0 Å². The molecule has 0 aromatic heterocycles. The van der Waals surface area contributed by atoms with Crippen LogP contribution in [0.4, 0.5) is 0 Å². The molecule has 0 unspecified atom stereocenters. The first-order chi connectivity index (χ1) is 11.2. The summed E-state index contributed by atoms with van der Waals surface area (Å²) in [5, 5.41) is 20.3. The molecule has 0 aliphatic rings. The second-order valence-electron chi connectivity index (χ2n) is 6.07. The van der Waals surface area contributed by atoms with Gasteiger partial charge >= 0.3 is 5.97 Å². The average molecular weight is 314 g/mol. The summed E-state index contributed by atoms with van der Waals surface area (Å²) in [6.07, 6.45) is 8.52. The van der Waals surface area contributed by atoms with Crippen molar-refractivity contribution in [3.63, 3.8) is 0 Å². The highest BCUT2D eigenvalue weighted by Crippen LogP contribution is 2.25.